The lowest BCUT2D eigenvalue weighted by atomic mass is 9.79. The first-order valence-corrected chi connectivity index (χ1v) is 20.9. The molecule has 0 heterocycles. The molecule has 0 atom stereocenters. The van der Waals surface area contributed by atoms with Gasteiger partial charge < -0.3 is 4.90 Å². The zero-order valence-electron chi connectivity index (χ0n) is 33.8. The summed E-state index contributed by atoms with van der Waals surface area (Å²) in [6, 6.07) is 82.4. The van der Waals surface area contributed by atoms with Crippen LogP contribution in [0.15, 0.2) is 224 Å². The van der Waals surface area contributed by atoms with Gasteiger partial charge in [-0.05, 0) is 113 Å². The van der Waals surface area contributed by atoms with Crippen LogP contribution in [0.4, 0.5) is 17.1 Å². The predicted molar refractivity (Wildman–Crippen MR) is 255 cm³/mol. The van der Waals surface area contributed by atoms with E-state index in [1.165, 1.54) is 88.3 Å². The Hall–Kier alpha value is -7.48. The molecule has 10 aromatic rings. The lowest BCUT2D eigenvalue weighted by molar-refractivity contribution is 0.662. The number of fused-ring (bicyclic) bond motifs is 5. The largest absolute Gasteiger partial charge is 0.310 e. The third-order valence-electron chi connectivity index (χ3n) is 12.6. The van der Waals surface area contributed by atoms with Crippen molar-refractivity contribution < 1.29 is 0 Å². The number of hydrogen-bond donors (Lipinski definition) is 0. The number of para-hydroxylation sites is 1. The van der Waals surface area contributed by atoms with Crippen LogP contribution < -0.4 is 4.90 Å². The molecule has 0 N–H and O–H groups in total. The van der Waals surface area contributed by atoms with Crippen LogP contribution in [-0.2, 0) is 5.41 Å². The van der Waals surface area contributed by atoms with Gasteiger partial charge in [-0.2, -0.15) is 0 Å². The summed E-state index contributed by atoms with van der Waals surface area (Å²) < 4.78 is 0. The van der Waals surface area contributed by atoms with Crippen molar-refractivity contribution in [1.82, 2.24) is 0 Å². The maximum Gasteiger partial charge on any atom is 0.0540 e. The van der Waals surface area contributed by atoms with Crippen molar-refractivity contribution in [3.8, 4) is 55.6 Å². The first-order valence-electron chi connectivity index (χ1n) is 20.9. The minimum Gasteiger partial charge on any atom is -0.310 e. The molecular weight excluding hydrogens is 723 g/mol. The SMILES string of the molecule is CC1(C)c2ccccc2-c2cccc(-c3cccc(N(c4cccc(-c5cccc6ccccc56)c4)c4ccccc4-c4cccc5cccc(-c6ccccc6)c45)c3)c21. The monoisotopic (exact) mass is 765 g/mol. The first-order chi connectivity index (χ1) is 29.5. The third kappa shape index (κ3) is 5.85. The van der Waals surface area contributed by atoms with Crippen molar-refractivity contribution in [2.24, 2.45) is 0 Å². The van der Waals surface area contributed by atoms with Crippen LogP contribution in [-0.4, -0.2) is 0 Å². The number of hydrogen-bond acceptors (Lipinski definition) is 1. The number of nitrogens with zero attached hydrogens (tertiary/aromatic N) is 1. The van der Waals surface area contributed by atoms with Crippen LogP contribution in [0.1, 0.15) is 25.0 Å². The molecule has 0 amide bonds. The van der Waals surface area contributed by atoms with E-state index in [0.717, 1.165) is 17.1 Å². The summed E-state index contributed by atoms with van der Waals surface area (Å²) in [6.45, 7) is 4.75. The van der Waals surface area contributed by atoms with Crippen LogP contribution in [0.25, 0.3) is 77.2 Å². The van der Waals surface area contributed by atoms with Gasteiger partial charge in [-0.1, -0.05) is 208 Å². The fraction of sp³-hybridized carbons (Fsp3) is 0.0508. The highest BCUT2D eigenvalue weighted by atomic mass is 15.1. The average Bonchev–Trinajstić information content (AvgIpc) is 3.55. The second-order valence-corrected chi connectivity index (χ2v) is 16.5. The van der Waals surface area contributed by atoms with Gasteiger partial charge in [0.2, 0.25) is 0 Å². The molecule has 0 radical (unpaired) electrons. The van der Waals surface area contributed by atoms with Crippen molar-refractivity contribution in [3.05, 3.63) is 236 Å². The van der Waals surface area contributed by atoms with Crippen molar-refractivity contribution >= 4 is 38.6 Å². The number of benzene rings is 10. The standard InChI is InChI=1S/C59H43N/c1-59(2)55-36-10-8-29-51(55)54-35-17-33-50(58(54)59)44-25-13-27-46(39-44)60(45-26-12-24-43(38-45)48-31-14-21-40-20-6-7-28-47(40)48)56-37-11-9-30-52(56)53-34-16-23-42-22-15-32-49(57(42)53)41-18-4-3-5-19-41/h3-39H,1-2H3. The van der Waals surface area contributed by atoms with E-state index in [1.807, 2.05) is 0 Å². The highest BCUT2D eigenvalue weighted by Gasteiger charge is 2.37. The summed E-state index contributed by atoms with van der Waals surface area (Å²) in [4.78, 5) is 2.47. The van der Waals surface area contributed by atoms with Gasteiger partial charge in [0.25, 0.3) is 0 Å². The van der Waals surface area contributed by atoms with Crippen LogP contribution in [0, 0.1) is 0 Å². The number of anilines is 3. The van der Waals surface area contributed by atoms with E-state index < -0.39 is 0 Å². The molecule has 0 aliphatic heterocycles. The Morgan fingerprint density at radius 3 is 1.62 bits per heavy atom. The molecule has 0 spiro atoms. The van der Waals surface area contributed by atoms with Crippen molar-refractivity contribution in [3.63, 3.8) is 0 Å². The molecular formula is C59H43N. The van der Waals surface area contributed by atoms with Crippen LogP contribution >= 0.6 is 0 Å². The van der Waals surface area contributed by atoms with E-state index >= 15 is 0 Å². The van der Waals surface area contributed by atoms with Crippen LogP contribution in [0.3, 0.4) is 0 Å². The first kappa shape index (κ1) is 35.7. The molecule has 1 nitrogen and oxygen atoms in total. The van der Waals surface area contributed by atoms with Gasteiger partial charge in [0.1, 0.15) is 0 Å². The quantitative estimate of drug-likeness (QED) is 0.156. The molecule has 1 aliphatic rings. The van der Waals surface area contributed by atoms with E-state index in [9.17, 15) is 0 Å². The summed E-state index contributed by atoms with van der Waals surface area (Å²) in [7, 11) is 0. The van der Waals surface area contributed by atoms with Gasteiger partial charge in [-0.25, -0.2) is 0 Å². The summed E-state index contributed by atoms with van der Waals surface area (Å²) in [6.07, 6.45) is 0. The third-order valence-corrected chi connectivity index (χ3v) is 12.6. The summed E-state index contributed by atoms with van der Waals surface area (Å²) in [5.41, 5.74) is 18.3. The molecule has 1 heteroatoms. The fourth-order valence-corrected chi connectivity index (χ4v) is 9.94. The van der Waals surface area contributed by atoms with Crippen LogP contribution in [0.5, 0.6) is 0 Å². The molecule has 0 saturated carbocycles. The molecule has 0 fully saturated rings. The molecule has 10 aromatic carbocycles. The van der Waals surface area contributed by atoms with Gasteiger partial charge in [0.05, 0.1) is 5.69 Å². The molecule has 284 valence electrons. The molecule has 0 saturated heterocycles. The highest BCUT2D eigenvalue weighted by Crippen LogP contribution is 2.53. The highest BCUT2D eigenvalue weighted by molar-refractivity contribution is 6.09. The Morgan fingerprint density at radius 1 is 0.333 bits per heavy atom. The van der Waals surface area contributed by atoms with Gasteiger partial charge in [-0.3, -0.25) is 0 Å². The zero-order chi connectivity index (χ0) is 40.2. The molecule has 0 bridgehead atoms. The van der Waals surface area contributed by atoms with E-state index in [1.54, 1.807) is 0 Å². The summed E-state index contributed by atoms with van der Waals surface area (Å²) in [5, 5.41) is 4.95. The van der Waals surface area contributed by atoms with E-state index in [4.69, 9.17) is 0 Å². The smallest absolute Gasteiger partial charge is 0.0540 e. The Bertz CT molecular complexity index is 3230. The lowest BCUT2D eigenvalue weighted by Crippen LogP contribution is -2.16. The number of rotatable bonds is 7. The topological polar surface area (TPSA) is 3.24 Å². The minimum atomic E-state index is -0.136. The summed E-state index contributed by atoms with van der Waals surface area (Å²) >= 11 is 0. The second kappa shape index (κ2) is 14.4. The summed E-state index contributed by atoms with van der Waals surface area (Å²) in [5.74, 6) is 0. The Kier molecular flexibility index (Phi) is 8.57. The molecule has 11 rings (SSSR count). The Balaban J connectivity index is 1.15. The van der Waals surface area contributed by atoms with E-state index in [0.29, 0.717) is 0 Å². The fourth-order valence-electron chi connectivity index (χ4n) is 9.94. The van der Waals surface area contributed by atoms with Crippen molar-refractivity contribution in [2.45, 2.75) is 19.3 Å². The maximum atomic E-state index is 2.47. The minimum absolute atomic E-state index is 0.136. The van der Waals surface area contributed by atoms with Gasteiger partial charge in [0.15, 0.2) is 0 Å². The van der Waals surface area contributed by atoms with Crippen molar-refractivity contribution in [1.29, 1.82) is 0 Å². The predicted octanol–water partition coefficient (Wildman–Crippen LogP) is 16.4. The van der Waals surface area contributed by atoms with Gasteiger partial charge >= 0.3 is 0 Å². The second-order valence-electron chi connectivity index (χ2n) is 16.5. The zero-order valence-corrected chi connectivity index (χ0v) is 33.8. The van der Waals surface area contributed by atoms with E-state index in [2.05, 4.69) is 243 Å². The average molecular weight is 766 g/mol. The molecule has 1 aliphatic carbocycles. The Labute approximate surface area is 352 Å². The van der Waals surface area contributed by atoms with E-state index in [-0.39, 0.29) is 5.41 Å². The van der Waals surface area contributed by atoms with Gasteiger partial charge in [-0.15, -0.1) is 0 Å². The molecule has 0 aromatic heterocycles. The maximum absolute atomic E-state index is 2.47. The normalized spacial score (nSPS) is 12.6. The van der Waals surface area contributed by atoms with Gasteiger partial charge in [0, 0.05) is 22.4 Å². The molecule has 60 heavy (non-hydrogen) atoms. The lowest BCUT2D eigenvalue weighted by Gasteiger charge is -2.30. The Morgan fingerprint density at radius 2 is 0.833 bits per heavy atom. The van der Waals surface area contributed by atoms with Crippen LogP contribution in [0.2, 0.25) is 0 Å². The van der Waals surface area contributed by atoms with Crippen molar-refractivity contribution in [2.75, 3.05) is 4.90 Å². The molecule has 0 unspecified atom stereocenters.